The van der Waals surface area contributed by atoms with E-state index in [1.165, 1.54) is 0 Å². The van der Waals surface area contributed by atoms with Gasteiger partial charge in [0.25, 0.3) is 0 Å². The standard InChI is InChI=1S/C29H34O7/c1-20-26(30)27(33-17-21-7-5-4-6-8-21)28(34-18-22-9-13-24(31-2)14-10-22)29(36-20)35-19-23-11-15-25(32-3)16-12-23/h4-16,20,26-30H,17-19H2,1-3H3/t20-,26-,27+,28-,29?/m1/s1. The summed E-state index contributed by atoms with van der Waals surface area (Å²) in [4.78, 5) is 0. The number of aliphatic hydroxyl groups is 1. The zero-order chi connectivity index (χ0) is 25.3. The topological polar surface area (TPSA) is 75.6 Å². The lowest BCUT2D eigenvalue weighted by Crippen LogP contribution is -2.59. The molecule has 7 heteroatoms. The van der Waals surface area contributed by atoms with Crippen LogP contribution >= 0.6 is 0 Å². The van der Waals surface area contributed by atoms with E-state index in [9.17, 15) is 5.11 Å². The molecule has 5 atom stereocenters. The van der Waals surface area contributed by atoms with Gasteiger partial charge in [0.2, 0.25) is 0 Å². The Labute approximate surface area is 212 Å². The molecule has 1 aliphatic heterocycles. The Hall–Kier alpha value is -2.94. The Morgan fingerprint density at radius 1 is 0.639 bits per heavy atom. The highest BCUT2D eigenvalue weighted by molar-refractivity contribution is 5.27. The van der Waals surface area contributed by atoms with Crippen LogP contribution in [-0.2, 0) is 38.8 Å². The van der Waals surface area contributed by atoms with Crippen molar-refractivity contribution in [2.45, 2.75) is 57.5 Å². The molecule has 0 bridgehead atoms. The lowest BCUT2D eigenvalue weighted by Gasteiger charge is -2.43. The Bertz CT molecular complexity index is 1040. The second kappa shape index (κ2) is 12.9. The summed E-state index contributed by atoms with van der Waals surface area (Å²) in [6.07, 6.45) is -3.40. The molecule has 1 saturated heterocycles. The molecule has 0 aliphatic carbocycles. The van der Waals surface area contributed by atoms with Crippen LogP contribution in [0.3, 0.4) is 0 Å². The molecule has 36 heavy (non-hydrogen) atoms. The van der Waals surface area contributed by atoms with Crippen LogP contribution in [0, 0.1) is 0 Å². The Morgan fingerprint density at radius 3 is 1.64 bits per heavy atom. The van der Waals surface area contributed by atoms with Crippen LogP contribution < -0.4 is 9.47 Å². The summed E-state index contributed by atoms with van der Waals surface area (Å²) >= 11 is 0. The molecular weight excluding hydrogens is 460 g/mol. The number of aliphatic hydroxyl groups excluding tert-OH is 1. The Morgan fingerprint density at radius 2 is 1.11 bits per heavy atom. The highest BCUT2D eigenvalue weighted by Gasteiger charge is 2.46. The van der Waals surface area contributed by atoms with Crippen LogP contribution in [0.25, 0.3) is 0 Å². The maximum atomic E-state index is 11.0. The minimum atomic E-state index is -0.879. The summed E-state index contributed by atoms with van der Waals surface area (Å²) < 4.78 is 35.3. The Balaban J connectivity index is 1.49. The van der Waals surface area contributed by atoms with Gasteiger partial charge in [-0.15, -0.1) is 0 Å². The smallest absolute Gasteiger partial charge is 0.187 e. The lowest BCUT2D eigenvalue weighted by atomic mass is 9.99. The molecule has 3 aromatic carbocycles. The SMILES string of the molecule is COc1ccc(COC2O[C@H](C)[C@@H](O)[C@H](OCc3ccccc3)[C@H]2OCc2ccc(OC)cc2)cc1. The first-order valence-electron chi connectivity index (χ1n) is 12.1. The largest absolute Gasteiger partial charge is 0.497 e. The monoisotopic (exact) mass is 494 g/mol. The summed E-state index contributed by atoms with van der Waals surface area (Å²) in [5.74, 6) is 1.55. The van der Waals surface area contributed by atoms with Gasteiger partial charge >= 0.3 is 0 Å². The summed E-state index contributed by atoms with van der Waals surface area (Å²) in [7, 11) is 3.27. The third-order valence-electron chi connectivity index (χ3n) is 6.22. The molecule has 1 unspecified atom stereocenters. The maximum absolute atomic E-state index is 11.0. The molecule has 4 rings (SSSR count). The van der Waals surface area contributed by atoms with Gasteiger partial charge in [0.1, 0.15) is 29.8 Å². The van der Waals surface area contributed by atoms with E-state index in [-0.39, 0.29) is 0 Å². The highest BCUT2D eigenvalue weighted by atomic mass is 16.7. The van der Waals surface area contributed by atoms with E-state index in [4.69, 9.17) is 28.4 Å². The van der Waals surface area contributed by atoms with Gasteiger partial charge in [0.15, 0.2) is 6.29 Å². The van der Waals surface area contributed by atoms with Crippen molar-refractivity contribution in [1.82, 2.24) is 0 Å². The molecule has 1 fully saturated rings. The van der Waals surface area contributed by atoms with E-state index in [0.29, 0.717) is 19.8 Å². The summed E-state index contributed by atoms with van der Waals surface area (Å²) in [5.41, 5.74) is 2.93. The fourth-order valence-electron chi connectivity index (χ4n) is 4.07. The van der Waals surface area contributed by atoms with Crippen molar-refractivity contribution < 1.29 is 33.5 Å². The van der Waals surface area contributed by atoms with Crippen molar-refractivity contribution >= 4 is 0 Å². The van der Waals surface area contributed by atoms with Crippen molar-refractivity contribution in [2.24, 2.45) is 0 Å². The van der Waals surface area contributed by atoms with Crippen molar-refractivity contribution in [3.05, 3.63) is 95.6 Å². The van der Waals surface area contributed by atoms with Crippen molar-refractivity contribution in [3.8, 4) is 11.5 Å². The molecule has 0 aromatic heterocycles. The van der Waals surface area contributed by atoms with E-state index >= 15 is 0 Å². The zero-order valence-corrected chi connectivity index (χ0v) is 20.9. The second-order valence-corrected chi connectivity index (χ2v) is 8.74. The van der Waals surface area contributed by atoms with E-state index in [2.05, 4.69) is 0 Å². The van der Waals surface area contributed by atoms with Gasteiger partial charge in [-0.3, -0.25) is 0 Å². The molecule has 1 N–H and O–H groups in total. The first kappa shape index (κ1) is 26.1. The average Bonchev–Trinajstić information content (AvgIpc) is 2.93. The first-order chi connectivity index (χ1) is 17.6. The van der Waals surface area contributed by atoms with Gasteiger partial charge < -0.3 is 33.5 Å². The number of ether oxygens (including phenoxy) is 6. The molecular formula is C29H34O7. The van der Waals surface area contributed by atoms with Gasteiger partial charge in [-0.05, 0) is 47.9 Å². The number of methoxy groups -OCH3 is 2. The first-order valence-corrected chi connectivity index (χ1v) is 12.1. The number of benzene rings is 3. The molecule has 192 valence electrons. The predicted octanol–water partition coefficient (Wildman–Crippen LogP) is 4.50. The second-order valence-electron chi connectivity index (χ2n) is 8.74. The Kier molecular flexibility index (Phi) is 9.33. The van der Waals surface area contributed by atoms with E-state index in [1.54, 1.807) is 14.2 Å². The quantitative estimate of drug-likeness (QED) is 0.421. The maximum Gasteiger partial charge on any atom is 0.187 e. The van der Waals surface area contributed by atoms with E-state index in [1.807, 2.05) is 85.8 Å². The lowest BCUT2D eigenvalue weighted by molar-refractivity contribution is -0.315. The third-order valence-corrected chi connectivity index (χ3v) is 6.22. The minimum absolute atomic E-state index is 0.298. The van der Waals surface area contributed by atoms with Crippen LogP contribution in [0.4, 0.5) is 0 Å². The van der Waals surface area contributed by atoms with E-state index in [0.717, 1.165) is 28.2 Å². The van der Waals surface area contributed by atoms with Gasteiger partial charge in [0.05, 0.1) is 40.1 Å². The summed E-state index contributed by atoms with van der Waals surface area (Å²) in [6.45, 7) is 2.76. The molecule has 1 aliphatic rings. The van der Waals surface area contributed by atoms with Gasteiger partial charge in [-0.1, -0.05) is 54.6 Å². The fourth-order valence-corrected chi connectivity index (χ4v) is 4.07. The number of rotatable bonds is 11. The van der Waals surface area contributed by atoms with Gasteiger partial charge in [-0.2, -0.15) is 0 Å². The molecule has 0 amide bonds. The van der Waals surface area contributed by atoms with E-state index < -0.39 is 30.7 Å². The molecule has 0 spiro atoms. The predicted molar refractivity (Wildman–Crippen MR) is 135 cm³/mol. The van der Waals surface area contributed by atoms with Crippen LogP contribution in [0.5, 0.6) is 11.5 Å². The number of hydrogen-bond donors (Lipinski definition) is 1. The zero-order valence-electron chi connectivity index (χ0n) is 20.9. The van der Waals surface area contributed by atoms with Gasteiger partial charge in [-0.25, -0.2) is 0 Å². The van der Waals surface area contributed by atoms with Crippen LogP contribution in [0.15, 0.2) is 78.9 Å². The highest BCUT2D eigenvalue weighted by Crippen LogP contribution is 2.29. The van der Waals surface area contributed by atoms with Crippen LogP contribution in [0.1, 0.15) is 23.6 Å². The third kappa shape index (κ3) is 6.84. The summed E-state index contributed by atoms with van der Waals surface area (Å²) in [5, 5.41) is 11.0. The average molecular weight is 495 g/mol. The molecule has 0 saturated carbocycles. The molecule has 1 heterocycles. The van der Waals surface area contributed by atoms with Crippen LogP contribution in [-0.4, -0.2) is 50.0 Å². The molecule has 3 aromatic rings. The number of hydrogen-bond acceptors (Lipinski definition) is 7. The van der Waals surface area contributed by atoms with Gasteiger partial charge in [0, 0.05) is 0 Å². The van der Waals surface area contributed by atoms with Crippen molar-refractivity contribution in [2.75, 3.05) is 14.2 Å². The normalized spacial score (nSPS) is 23.8. The molecule has 7 nitrogen and oxygen atoms in total. The minimum Gasteiger partial charge on any atom is -0.497 e. The van der Waals surface area contributed by atoms with Crippen LogP contribution in [0.2, 0.25) is 0 Å². The molecule has 0 radical (unpaired) electrons. The van der Waals surface area contributed by atoms with Crippen molar-refractivity contribution in [3.63, 3.8) is 0 Å². The summed E-state index contributed by atoms with van der Waals surface area (Å²) in [6, 6.07) is 25.1. The van der Waals surface area contributed by atoms with Crippen molar-refractivity contribution in [1.29, 1.82) is 0 Å². The fraction of sp³-hybridized carbons (Fsp3) is 0.379.